The van der Waals surface area contributed by atoms with Gasteiger partial charge in [0.15, 0.2) is 5.17 Å². The van der Waals surface area contributed by atoms with Crippen LogP contribution in [-0.4, -0.2) is 44.0 Å². The average molecular weight is 439 g/mol. The molecule has 31 heavy (non-hydrogen) atoms. The first-order valence-corrected chi connectivity index (χ1v) is 9.79. The Kier molecular flexibility index (Phi) is 5.21. The Balaban J connectivity index is 1.39. The first-order valence-electron chi connectivity index (χ1n) is 8.92. The van der Waals surface area contributed by atoms with Gasteiger partial charge in [-0.15, -0.1) is 5.10 Å². The van der Waals surface area contributed by atoms with Gasteiger partial charge in [0.2, 0.25) is 11.8 Å². The number of amidine groups is 1. The van der Waals surface area contributed by atoms with Crippen molar-refractivity contribution in [2.45, 2.75) is 11.7 Å². The lowest BCUT2D eigenvalue weighted by Gasteiger charge is -2.08. The minimum atomic E-state index is -0.813. The van der Waals surface area contributed by atoms with Crippen molar-refractivity contribution in [2.75, 3.05) is 5.32 Å². The fraction of sp³-hybridized carbons (Fsp3) is 0.105. The van der Waals surface area contributed by atoms with Crippen molar-refractivity contribution in [1.82, 2.24) is 10.3 Å². The molecule has 2 aliphatic heterocycles. The summed E-state index contributed by atoms with van der Waals surface area (Å²) in [6.45, 7) is 0. The number of nitrogens with zero attached hydrogens (tertiary/aromatic N) is 3. The Hall–Kier alpha value is -4.06. The Bertz CT molecular complexity index is 1130. The number of hydrazone groups is 1. The van der Waals surface area contributed by atoms with E-state index < -0.39 is 33.8 Å². The number of imide groups is 1. The molecule has 1 fully saturated rings. The Morgan fingerprint density at radius 2 is 1.71 bits per heavy atom. The summed E-state index contributed by atoms with van der Waals surface area (Å²) in [5.41, 5.74) is 0.687. The lowest BCUT2D eigenvalue weighted by molar-refractivity contribution is -0.384. The van der Waals surface area contributed by atoms with Gasteiger partial charge in [-0.1, -0.05) is 23.9 Å². The highest BCUT2D eigenvalue weighted by Crippen LogP contribution is 2.27. The summed E-state index contributed by atoms with van der Waals surface area (Å²) in [6.07, 6.45) is -0.200. The van der Waals surface area contributed by atoms with Crippen molar-refractivity contribution in [3.05, 3.63) is 69.8 Å². The maximum absolute atomic E-state index is 12.4. The van der Waals surface area contributed by atoms with E-state index >= 15 is 0 Å². The summed E-state index contributed by atoms with van der Waals surface area (Å²) in [5.74, 6) is -2.16. The van der Waals surface area contributed by atoms with E-state index in [2.05, 4.69) is 15.7 Å². The van der Waals surface area contributed by atoms with Crippen LogP contribution < -0.4 is 10.6 Å². The maximum atomic E-state index is 12.4. The molecule has 2 aromatic carbocycles. The monoisotopic (exact) mass is 439 g/mol. The highest BCUT2D eigenvalue weighted by molar-refractivity contribution is 8.15. The largest absolute Gasteiger partial charge is 0.326 e. The summed E-state index contributed by atoms with van der Waals surface area (Å²) in [5, 5.41) is 19.6. The molecule has 1 saturated heterocycles. The van der Waals surface area contributed by atoms with Gasteiger partial charge in [0.25, 0.3) is 17.5 Å². The van der Waals surface area contributed by atoms with Gasteiger partial charge >= 0.3 is 0 Å². The van der Waals surface area contributed by atoms with Gasteiger partial charge in [-0.2, -0.15) is 5.01 Å². The second-order valence-corrected chi connectivity index (χ2v) is 7.72. The third-order valence-electron chi connectivity index (χ3n) is 4.47. The van der Waals surface area contributed by atoms with E-state index in [4.69, 9.17) is 0 Å². The molecule has 2 N–H and O–H groups in total. The number of rotatable bonds is 5. The average Bonchev–Trinajstić information content (AvgIpc) is 3.20. The highest BCUT2D eigenvalue weighted by Gasteiger charge is 2.38. The minimum absolute atomic E-state index is 0.0349. The summed E-state index contributed by atoms with van der Waals surface area (Å²) < 4.78 is 0. The van der Waals surface area contributed by atoms with Crippen LogP contribution in [0.5, 0.6) is 0 Å². The molecular weight excluding hydrogens is 426 g/mol. The highest BCUT2D eigenvalue weighted by atomic mass is 32.2. The Morgan fingerprint density at radius 1 is 1.10 bits per heavy atom. The second kappa shape index (κ2) is 7.99. The molecule has 2 aromatic rings. The molecule has 1 unspecified atom stereocenters. The number of amides is 4. The third kappa shape index (κ3) is 4.00. The number of thioether (sulfide) groups is 1. The van der Waals surface area contributed by atoms with Crippen molar-refractivity contribution in [1.29, 1.82) is 0 Å². The zero-order valence-electron chi connectivity index (χ0n) is 15.6. The van der Waals surface area contributed by atoms with Crippen LogP contribution in [0.4, 0.5) is 11.4 Å². The quantitative estimate of drug-likeness (QED) is 0.409. The van der Waals surface area contributed by atoms with Crippen molar-refractivity contribution in [3.63, 3.8) is 0 Å². The first-order chi connectivity index (χ1) is 14.8. The Morgan fingerprint density at radius 3 is 2.29 bits per heavy atom. The molecule has 4 rings (SSSR count). The molecule has 0 radical (unpaired) electrons. The summed E-state index contributed by atoms with van der Waals surface area (Å²) >= 11 is 0.927. The molecule has 4 amide bonds. The molecule has 0 aromatic heterocycles. The van der Waals surface area contributed by atoms with E-state index in [1.807, 2.05) is 0 Å². The number of hydrogen-bond acceptors (Lipinski definition) is 8. The molecule has 12 heteroatoms. The van der Waals surface area contributed by atoms with E-state index in [9.17, 15) is 29.3 Å². The van der Waals surface area contributed by atoms with Crippen LogP contribution in [-0.2, 0) is 9.59 Å². The lowest BCUT2D eigenvalue weighted by atomic mass is 10.1. The van der Waals surface area contributed by atoms with Crippen LogP contribution in [0.1, 0.15) is 27.1 Å². The number of non-ortho nitro benzene ring substituents is 1. The number of nitro groups is 1. The molecule has 1 atom stereocenters. The Labute approximate surface area is 178 Å². The number of hydrogen-bond donors (Lipinski definition) is 2. The van der Waals surface area contributed by atoms with Crippen LogP contribution in [0.2, 0.25) is 0 Å². The van der Waals surface area contributed by atoms with E-state index in [1.165, 1.54) is 36.4 Å². The minimum Gasteiger partial charge on any atom is -0.326 e. The van der Waals surface area contributed by atoms with Gasteiger partial charge in [-0.05, 0) is 24.3 Å². The third-order valence-corrected chi connectivity index (χ3v) is 5.54. The van der Waals surface area contributed by atoms with Crippen LogP contribution in [0.15, 0.2) is 53.6 Å². The van der Waals surface area contributed by atoms with Gasteiger partial charge in [0, 0.05) is 24.2 Å². The van der Waals surface area contributed by atoms with Gasteiger partial charge in [-0.25, -0.2) is 0 Å². The van der Waals surface area contributed by atoms with Crippen LogP contribution in [0, 0.1) is 10.1 Å². The van der Waals surface area contributed by atoms with E-state index in [0.29, 0.717) is 10.7 Å². The normalized spacial score (nSPS) is 18.8. The molecule has 0 bridgehead atoms. The van der Waals surface area contributed by atoms with Crippen LogP contribution >= 0.6 is 11.8 Å². The SMILES string of the molecule is O=C(CC1S/C(=N/N2C(=O)c3ccccc3C2=O)NC1=O)Nc1ccc([N+](=O)[O-])cc1. The molecule has 2 aliphatic rings. The van der Waals surface area contributed by atoms with Crippen LogP contribution in [0.25, 0.3) is 0 Å². The first kappa shape index (κ1) is 20.2. The zero-order valence-corrected chi connectivity index (χ0v) is 16.4. The predicted molar refractivity (Wildman–Crippen MR) is 110 cm³/mol. The lowest BCUT2D eigenvalue weighted by Crippen LogP contribution is -2.30. The number of nitrogens with one attached hydrogen (secondary N) is 2. The summed E-state index contributed by atoms with van der Waals surface area (Å²) in [7, 11) is 0. The fourth-order valence-corrected chi connectivity index (χ4v) is 3.95. The van der Waals surface area contributed by atoms with Crippen molar-refractivity contribution in [2.24, 2.45) is 5.10 Å². The predicted octanol–water partition coefficient (Wildman–Crippen LogP) is 1.72. The molecular formula is C19H13N5O6S. The number of carbonyl (C=O) groups is 4. The zero-order chi connectivity index (χ0) is 22.1. The number of nitro benzene ring substituents is 1. The van der Waals surface area contributed by atoms with E-state index in [-0.39, 0.29) is 28.4 Å². The molecule has 156 valence electrons. The molecule has 0 saturated carbocycles. The summed E-state index contributed by atoms with van der Waals surface area (Å²) in [4.78, 5) is 59.3. The standard InChI is InChI=1S/C19H13N5O6S/c25-15(20-10-5-7-11(8-6-10)24(29)30)9-14-16(26)21-19(31-14)22-23-17(27)12-3-1-2-4-13(12)18(23)28/h1-8,14H,9H2,(H,20,25)(H,21,22,26). The molecule has 0 spiro atoms. The maximum Gasteiger partial charge on any atom is 0.282 e. The number of benzene rings is 2. The number of carbonyl (C=O) groups excluding carboxylic acids is 4. The number of fused-ring (bicyclic) bond motifs is 1. The van der Waals surface area contributed by atoms with Crippen molar-refractivity contribution in [3.8, 4) is 0 Å². The molecule has 2 heterocycles. The van der Waals surface area contributed by atoms with E-state index in [1.54, 1.807) is 12.1 Å². The van der Waals surface area contributed by atoms with Crippen molar-refractivity contribution >= 4 is 51.9 Å². The summed E-state index contributed by atoms with van der Waals surface area (Å²) in [6, 6.07) is 11.6. The van der Waals surface area contributed by atoms with Gasteiger partial charge in [0.05, 0.1) is 16.1 Å². The van der Waals surface area contributed by atoms with Gasteiger partial charge in [0.1, 0.15) is 5.25 Å². The smallest absolute Gasteiger partial charge is 0.282 e. The second-order valence-electron chi connectivity index (χ2n) is 6.52. The van der Waals surface area contributed by atoms with Crippen molar-refractivity contribution < 1.29 is 24.1 Å². The molecule has 0 aliphatic carbocycles. The topological polar surface area (TPSA) is 151 Å². The van der Waals surface area contributed by atoms with E-state index in [0.717, 1.165) is 11.8 Å². The van der Waals surface area contributed by atoms with Crippen LogP contribution in [0.3, 0.4) is 0 Å². The number of anilines is 1. The molecule has 11 nitrogen and oxygen atoms in total. The van der Waals surface area contributed by atoms with Gasteiger partial charge < -0.3 is 10.6 Å². The fourth-order valence-electron chi connectivity index (χ4n) is 2.99. The van der Waals surface area contributed by atoms with Gasteiger partial charge in [-0.3, -0.25) is 29.3 Å².